The smallest absolute Gasteiger partial charge is 0.311 e. The van der Waals surface area contributed by atoms with Gasteiger partial charge in [0.15, 0.2) is 0 Å². The molecule has 0 fully saturated rings. The van der Waals surface area contributed by atoms with E-state index < -0.39 is 4.92 Å². The Morgan fingerprint density at radius 2 is 1.96 bits per heavy atom. The zero-order valence-electron chi connectivity index (χ0n) is 13.4. The highest BCUT2D eigenvalue weighted by molar-refractivity contribution is 6.32. The van der Waals surface area contributed by atoms with Crippen LogP contribution in [0.1, 0.15) is 13.3 Å². The summed E-state index contributed by atoms with van der Waals surface area (Å²) in [6, 6.07) is 13.4. The second-order valence-corrected chi connectivity index (χ2v) is 5.68. The van der Waals surface area contributed by atoms with Gasteiger partial charge in [-0.1, -0.05) is 30.7 Å². The molecule has 3 aromatic rings. The summed E-state index contributed by atoms with van der Waals surface area (Å²) in [6.07, 6.45) is 0.745. The molecular weight excluding hydrogens is 344 g/mol. The van der Waals surface area contributed by atoms with E-state index in [-0.39, 0.29) is 11.4 Å². The molecular formula is C18H15ClN2O4. The Labute approximate surface area is 149 Å². The number of pyridine rings is 1. The van der Waals surface area contributed by atoms with Crippen molar-refractivity contribution < 1.29 is 14.4 Å². The third-order valence-corrected chi connectivity index (χ3v) is 3.79. The van der Waals surface area contributed by atoms with Crippen LogP contribution in [0.2, 0.25) is 5.02 Å². The van der Waals surface area contributed by atoms with Gasteiger partial charge in [0.1, 0.15) is 5.75 Å². The summed E-state index contributed by atoms with van der Waals surface area (Å²) < 4.78 is 11.3. The molecule has 0 aliphatic carbocycles. The lowest BCUT2D eigenvalue weighted by Gasteiger charge is -2.10. The third-order valence-electron chi connectivity index (χ3n) is 3.47. The number of nitro groups is 1. The average Bonchev–Trinajstić information content (AvgIpc) is 2.61. The van der Waals surface area contributed by atoms with Gasteiger partial charge in [-0.15, -0.1) is 0 Å². The van der Waals surface area contributed by atoms with Crippen LogP contribution in [0.4, 0.5) is 5.69 Å². The van der Waals surface area contributed by atoms with Crippen LogP contribution in [-0.4, -0.2) is 16.5 Å². The molecule has 0 N–H and O–H groups in total. The molecule has 2 aromatic carbocycles. The number of fused-ring (bicyclic) bond motifs is 1. The van der Waals surface area contributed by atoms with E-state index in [1.807, 2.05) is 13.0 Å². The van der Waals surface area contributed by atoms with Gasteiger partial charge in [-0.2, -0.15) is 0 Å². The molecule has 6 nitrogen and oxygen atoms in total. The van der Waals surface area contributed by atoms with E-state index in [2.05, 4.69) is 4.98 Å². The van der Waals surface area contributed by atoms with Crippen LogP contribution in [0.25, 0.3) is 10.9 Å². The molecule has 128 valence electrons. The molecule has 0 atom stereocenters. The lowest BCUT2D eigenvalue weighted by molar-refractivity contribution is -0.385. The Kier molecular flexibility index (Phi) is 5.00. The number of hydrogen-bond acceptors (Lipinski definition) is 5. The van der Waals surface area contributed by atoms with Crippen molar-refractivity contribution in [3.8, 4) is 17.4 Å². The highest BCUT2D eigenvalue weighted by Gasteiger charge is 2.19. The second-order valence-electron chi connectivity index (χ2n) is 5.27. The predicted molar refractivity (Wildman–Crippen MR) is 95.7 cm³/mol. The first kappa shape index (κ1) is 17.0. The molecule has 0 aliphatic rings. The van der Waals surface area contributed by atoms with Gasteiger partial charge in [-0.05, 0) is 30.7 Å². The number of aromatic nitrogens is 1. The molecule has 7 heteroatoms. The number of nitro benzene ring substituents is 1. The number of benzene rings is 2. The molecule has 0 saturated carbocycles. The summed E-state index contributed by atoms with van der Waals surface area (Å²) in [5.41, 5.74) is 0.462. The summed E-state index contributed by atoms with van der Waals surface area (Å²) in [4.78, 5) is 15.2. The van der Waals surface area contributed by atoms with Gasteiger partial charge < -0.3 is 9.47 Å². The molecule has 0 aliphatic heterocycles. The molecule has 0 radical (unpaired) electrons. The van der Waals surface area contributed by atoms with Crippen molar-refractivity contribution in [2.24, 2.45) is 0 Å². The van der Waals surface area contributed by atoms with Crippen LogP contribution >= 0.6 is 11.6 Å². The van der Waals surface area contributed by atoms with Crippen LogP contribution in [-0.2, 0) is 0 Å². The molecule has 0 bridgehead atoms. The predicted octanol–water partition coefficient (Wildman–Crippen LogP) is 5.38. The Morgan fingerprint density at radius 1 is 1.16 bits per heavy atom. The van der Waals surface area contributed by atoms with E-state index in [1.165, 1.54) is 6.07 Å². The number of nitrogens with zero attached hydrogens (tertiary/aromatic N) is 2. The van der Waals surface area contributed by atoms with Gasteiger partial charge in [0.2, 0.25) is 11.6 Å². The molecule has 0 amide bonds. The average molecular weight is 359 g/mol. The fraction of sp³-hybridized carbons (Fsp3) is 0.167. The van der Waals surface area contributed by atoms with Crippen LogP contribution in [0.3, 0.4) is 0 Å². The summed E-state index contributed by atoms with van der Waals surface area (Å²) in [6.45, 7) is 2.32. The lowest BCUT2D eigenvalue weighted by atomic mass is 10.1. The van der Waals surface area contributed by atoms with Gasteiger partial charge >= 0.3 is 5.69 Å². The van der Waals surface area contributed by atoms with E-state index in [9.17, 15) is 10.1 Å². The summed E-state index contributed by atoms with van der Waals surface area (Å²) in [7, 11) is 0. The molecule has 3 rings (SSSR count). The van der Waals surface area contributed by atoms with E-state index >= 15 is 0 Å². The highest BCUT2D eigenvalue weighted by atomic mass is 35.5. The largest absolute Gasteiger partial charge is 0.486 e. The fourth-order valence-electron chi connectivity index (χ4n) is 2.34. The van der Waals surface area contributed by atoms with Crippen molar-refractivity contribution in [1.82, 2.24) is 4.98 Å². The third kappa shape index (κ3) is 3.64. The summed E-state index contributed by atoms with van der Waals surface area (Å²) >= 11 is 6.08. The Balaban J connectivity index is 2.02. The molecule has 0 unspecified atom stereocenters. The maximum atomic E-state index is 11.2. The minimum Gasteiger partial charge on any atom is -0.486 e. The van der Waals surface area contributed by atoms with Crippen molar-refractivity contribution in [2.45, 2.75) is 13.3 Å². The number of ether oxygens (including phenoxy) is 2. The minimum absolute atomic E-state index is 0.0810. The molecule has 25 heavy (non-hydrogen) atoms. The zero-order valence-corrected chi connectivity index (χ0v) is 14.2. The number of rotatable bonds is 6. The molecule has 1 aromatic heterocycles. The SMILES string of the molecule is CCCOc1c([N+](=O)[O-])ccc2nc(Oc3ccccc3Cl)ccc12. The van der Waals surface area contributed by atoms with Crippen LogP contribution in [0.15, 0.2) is 48.5 Å². The lowest BCUT2D eigenvalue weighted by Crippen LogP contribution is -2.01. The molecule has 0 spiro atoms. The van der Waals surface area contributed by atoms with E-state index in [0.717, 1.165) is 6.42 Å². The number of hydrogen-bond donors (Lipinski definition) is 0. The van der Waals surface area contributed by atoms with Crippen molar-refractivity contribution in [1.29, 1.82) is 0 Å². The van der Waals surface area contributed by atoms with Gasteiger partial charge in [0.05, 0.1) is 22.1 Å². The first-order valence-electron chi connectivity index (χ1n) is 7.73. The Bertz CT molecular complexity index is 930. The van der Waals surface area contributed by atoms with Crippen molar-refractivity contribution in [3.05, 3.63) is 63.7 Å². The quantitative estimate of drug-likeness (QED) is 0.437. The van der Waals surface area contributed by atoms with Gasteiger partial charge in [0.25, 0.3) is 0 Å². The minimum atomic E-state index is -0.460. The van der Waals surface area contributed by atoms with E-state index in [0.29, 0.717) is 34.2 Å². The molecule has 0 saturated heterocycles. The fourth-order valence-corrected chi connectivity index (χ4v) is 2.52. The first-order valence-corrected chi connectivity index (χ1v) is 8.11. The van der Waals surface area contributed by atoms with E-state index in [4.69, 9.17) is 21.1 Å². The van der Waals surface area contributed by atoms with Gasteiger partial charge in [-0.3, -0.25) is 10.1 Å². The zero-order chi connectivity index (χ0) is 17.8. The maximum absolute atomic E-state index is 11.2. The monoisotopic (exact) mass is 358 g/mol. The van der Waals surface area contributed by atoms with Crippen LogP contribution in [0.5, 0.6) is 17.4 Å². The maximum Gasteiger partial charge on any atom is 0.311 e. The molecule has 1 heterocycles. The van der Waals surface area contributed by atoms with Crippen LogP contribution in [0, 0.1) is 10.1 Å². The second kappa shape index (κ2) is 7.36. The topological polar surface area (TPSA) is 74.5 Å². The van der Waals surface area contributed by atoms with Gasteiger partial charge in [0, 0.05) is 17.5 Å². The summed E-state index contributed by atoms with van der Waals surface area (Å²) in [5, 5.41) is 12.3. The Hall–Kier alpha value is -2.86. The number of halogens is 1. The Morgan fingerprint density at radius 3 is 2.68 bits per heavy atom. The van der Waals surface area contributed by atoms with Crippen molar-refractivity contribution >= 4 is 28.2 Å². The normalized spacial score (nSPS) is 10.6. The van der Waals surface area contributed by atoms with Gasteiger partial charge in [-0.25, -0.2) is 4.98 Å². The number of para-hydroxylation sites is 1. The van der Waals surface area contributed by atoms with E-state index in [1.54, 1.807) is 36.4 Å². The standard InChI is InChI=1S/C18H15ClN2O4/c1-2-11-24-18-12-7-10-17(25-16-6-4-3-5-13(16)19)20-14(12)8-9-15(18)21(22)23/h3-10H,2,11H2,1H3. The highest BCUT2D eigenvalue weighted by Crippen LogP contribution is 2.36. The van der Waals surface area contributed by atoms with Crippen molar-refractivity contribution in [2.75, 3.05) is 6.61 Å². The van der Waals surface area contributed by atoms with Crippen LogP contribution < -0.4 is 9.47 Å². The van der Waals surface area contributed by atoms with Crippen molar-refractivity contribution in [3.63, 3.8) is 0 Å². The summed E-state index contributed by atoms with van der Waals surface area (Å²) in [5.74, 6) is 1.05. The first-order chi connectivity index (χ1) is 12.1.